The van der Waals surface area contributed by atoms with Crippen LogP contribution in [0.5, 0.6) is 0 Å². The Hall–Kier alpha value is -0.980. The Morgan fingerprint density at radius 3 is 2.39 bits per heavy atom. The highest BCUT2D eigenvalue weighted by Gasteiger charge is 2.03. The first-order chi connectivity index (χ1) is 10.8. The molecule has 0 aliphatic heterocycles. The zero-order valence-electron chi connectivity index (χ0n) is 13.4. The molecule has 0 atom stereocenters. The van der Waals surface area contributed by atoms with E-state index in [1.54, 1.807) is 13.1 Å². The van der Waals surface area contributed by atoms with Crippen molar-refractivity contribution in [2.75, 3.05) is 32.1 Å². The number of hydrogen-bond acceptors (Lipinski definition) is 3. The fourth-order valence-corrected chi connectivity index (χ4v) is 3.14. The quantitative estimate of drug-likeness (QED) is 0.413. The maximum Gasteiger partial charge on any atom is 0.190 e. The van der Waals surface area contributed by atoms with Crippen molar-refractivity contribution in [2.45, 2.75) is 19.3 Å². The van der Waals surface area contributed by atoms with Gasteiger partial charge < -0.3 is 10.6 Å². The number of nitrogens with one attached hydrogen (secondary N) is 2. The van der Waals surface area contributed by atoms with Crippen molar-refractivity contribution in [1.82, 2.24) is 10.6 Å². The number of sulfone groups is 1. The van der Waals surface area contributed by atoms with Crippen molar-refractivity contribution in [2.24, 2.45) is 4.99 Å². The van der Waals surface area contributed by atoms with Crippen LogP contribution in [0, 0.1) is 0 Å². The lowest BCUT2D eigenvalue weighted by atomic mass is 10.1. The molecule has 0 fully saturated rings. The van der Waals surface area contributed by atoms with Gasteiger partial charge in [0.15, 0.2) is 5.96 Å². The highest BCUT2D eigenvalue weighted by atomic mass is 35.5. The summed E-state index contributed by atoms with van der Waals surface area (Å²) in [6.45, 7) is 1.31. The largest absolute Gasteiger partial charge is 0.356 e. The number of guanidine groups is 1. The molecule has 0 saturated heterocycles. The second-order valence-corrected chi connectivity index (χ2v) is 8.35. The van der Waals surface area contributed by atoms with Gasteiger partial charge in [-0.15, -0.1) is 0 Å². The molecular weight excluding hydrogens is 357 g/mol. The molecule has 0 unspecified atom stereocenters. The normalized spacial score (nSPS) is 12.3. The lowest BCUT2D eigenvalue weighted by molar-refractivity contribution is 0.598. The van der Waals surface area contributed by atoms with E-state index < -0.39 is 9.84 Å². The Balaban J connectivity index is 2.25. The van der Waals surface area contributed by atoms with Gasteiger partial charge in [-0.05, 0) is 37.0 Å². The summed E-state index contributed by atoms with van der Waals surface area (Å²) >= 11 is 12.0. The van der Waals surface area contributed by atoms with Crippen LogP contribution >= 0.6 is 23.2 Å². The van der Waals surface area contributed by atoms with Crippen molar-refractivity contribution in [3.05, 3.63) is 33.8 Å². The van der Waals surface area contributed by atoms with Crippen molar-refractivity contribution in [3.8, 4) is 0 Å². The number of hydrogen-bond donors (Lipinski definition) is 2. The number of aryl methyl sites for hydroxylation is 1. The van der Waals surface area contributed by atoms with Gasteiger partial charge in [-0.2, -0.15) is 0 Å². The van der Waals surface area contributed by atoms with Crippen molar-refractivity contribution in [3.63, 3.8) is 0 Å². The van der Waals surface area contributed by atoms with E-state index in [4.69, 9.17) is 23.2 Å². The number of aliphatic imine (C=N–C) groups is 1. The summed E-state index contributed by atoms with van der Waals surface area (Å²) in [6, 6.07) is 5.51. The van der Waals surface area contributed by atoms with Crippen LogP contribution in [0.2, 0.25) is 10.0 Å². The SMILES string of the molecule is CN=C(NCCCc1ccc(Cl)cc1Cl)NCCCS(C)(=O)=O. The Kier molecular flexibility index (Phi) is 8.73. The van der Waals surface area contributed by atoms with Gasteiger partial charge in [-0.25, -0.2) is 8.42 Å². The van der Waals surface area contributed by atoms with Crippen molar-refractivity contribution in [1.29, 1.82) is 0 Å². The van der Waals surface area contributed by atoms with Crippen LogP contribution in [0.4, 0.5) is 0 Å². The molecule has 5 nitrogen and oxygen atoms in total. The van der Waals surface area contributed by atoms with Crippen LogP contribution < -0.4 is 10.6 Å². The van der Waals surface area contributed by atoms with Gasteiger partial charge in [0.25, 0.3) is 0 Å². The fraction of sp³-hybridized carbons (Fsp3) is 0.533. The highest BCUT2D eigenvalue weighted by Crippen LogP contribution is 2.21. The van der Waals surface area contributed by atoms with Gasteiger partial charge in [0, 0.05) is 36.4 Å². The molecule has 1 aromatic rings. The topological polar surface area (TPSA) is 70.6 Å². The zero-order valence-corrected chi connectivity index (χ0v) is 15.7. The molecule has 0 bridgehead atoms. The van der Waals surface area contributed by atoms with E-state index in [9.17, 15) is 8.42 Å². The molecule has 0 spiro atoms. The Labute approximate surface area is 148 Å². The molecule has 0 heterocycles. The third kappa shape index (κ3) is 9.03. The predicted molar refractivity (Wildman–Crippen MR) is 98.5 cm³/mol. The van der Waals surface area contributed by atoms with Crippen LogP contribution in [0.15, 0.2) is 23.2 Å². The predicted octanol–water partition coefficient (Wildman–Crippen LogP) is 2.53. The molecule has 23 heavy (non-hydrogen) atoms. The Bertz CT molecular complexity index is 634. The lowest BCUT2D eigenvalue weighted by Gasteiger charge is -2.12. The molecule has 0 aliphatic carbocycles. The molecule has 8 heteroatoms. The van der Waals surface area contributed by atoms with Gasteiger partial charge in [0.05, 0.1) is 5.75 Å². The molecule has 0 aliphatic rings. The minimum atomic E-state index is -2.91. The number of benzene rings is 1. The van der Waals surface area contributed by atoms with Crippen LogP contribution in [0.25, 0.3) is 0 Å². The molecule has 1 rings (SSSR count). The van der Waals surface area contributed by atoms with Crippen LogP contribution in [0.1, 0.15) is 18.4 Å². The highest BCUT2D eigenvalue weighted by molar-refractivity contribution is 7.90. The monoisotopic (exact) mass is 379 g/mol. The molecular formula is C15H23Cl2N3O2S. The average Bonchev–Trinajstić information content (AvgIpc) is 2.46. The molecule has 1 aromatic carbocycles. The average molecular weight is 380 g/mol. The van der Waals surface area contributed by atoms with Crippen molar-refractivity contribution < 1.29 is 8.42 Å². The summed E-state index contributed by atoms with van der Waals surface area (Å²) in [6.07, 6.45) is 3.53. The minimum Gasteiger partial charge on any atom is -0.356 e. The van der Waals surface area contributed by atoms with E-state index in [2.05, 4.69) is 15.6 Å². The van der Waals surface area contributed by atoms with Crippen LogP contribution in [0.3, 0.4) is 0 Å². The standard InChI is InChI=1S/C15H23Cl2N3O2S/c1-18-15(20-9-4-10-23(2,21)22)19-8-3-5-12-6-7-13(16)11-14(12)17/h6-7,11H,3-5,8-10H2,1-2H3,(H2,18,19,20). The van der Waals surface area contributed by atoms with Crippen LogP contribution in [-0.2, 0) is 16.3 Å². The van der Waals surface area contributed by atoms with Gasteiger partial charge >= 0.3 is 0 Å². The summed E-state index contributed by atoms with van der Waals surface area (Å²) in [5.41, 5.74) is 1.06. The minimum absolute atomic E-state index is 0.173. The first-order valence-corrected chi connectivity index (χ1v) is 10.2. The van der Waals surface area contributed by atoms with Crippen molar-refractivity contribution >= 4 is 39.0 Å². The van der Waals surface area contributed by atoms with Gasteiger partial charge in [-0.1, -0.05) is 29.3 Å². The second kappa shape index (κ2) is 10.0. The van der Waals surface area contributed by atoms with E-state index in [0.717, 1.165) is 24.9 Å². The molecule has 0 saturated carbocycles. The molecule has 0 radical (unpaired) electrons. The zero-order chi connectivity index (χ0) is 17.3. The summed E-state index contributed by atoms with van der Waals surface area (Å²) < 4.78 is 22.1. The first-order valence-electron chi connectivity index (χ1n) is 7.38. The molecule has 2 N–H and O–H groups in total. The van der Waals surface area contributed by atoms with E-state index in [0.29, 0.717) is 29.0 Å². The summed E-state index contributed by atoms with van der Waals surface area (Å²) in [5.74, 6) is 0.840. The smallest absolute Gasteiger partial charge is 0.190 e. The first kappa shape index (κ1) is 20.1. The van der Waals surface area contributed by atoms with Crippen LogP contribution in [-0.4, -0.2) is 46.5 Å². The van der Waals surface area contributed by atoms with Gasteiger partial charge in [0.2, 0.25) is 0 Å². The van der Waals surface area contributed by atoms with Gasteiger partial charge in [0.1, 0.15) is 9.84 Å². The molecule has 0 amide bonds. The second-order valence-electron chi connectivity index (χ2n) is 5.25. The Morgan fingerprint density at radius 2 is 1.83 bits per heavy atom. The number of halogens is 2. The summed E-state index contributed by atoms with van der Waals surface area (Å²) in [5, 5.41) is 7.59. The van der Waals surface area contributed by atoms with E-state index in [1.165, 1.54) is 6.26 Å². The van der Waals surface area contributed by atoms with E-state index >= 15 is 0 Å². The fourth-order valence-electron chi connectivity index (χ4n) is 1.97. The number of nitrogens with zero attached hydrogens (tertiary/aromatic N) is 1. The number of rotatable bonds is 8. The summed E-state index contributed by atoms with van der Waals surface area (Å²) in [4.78, 5) is 4.10. The van der Waals surface area contributed by atoms with Gasteiger partial charge in [-0.3, -0.25) is 4.99 Å². The maximum atomic E-state index is 11.0. The molecule has 130 valence electrons. The summed E-state index contributed by atoms with van der Waals surface area (Å²) in [7, 11) is -1.23. The lowest BCUT2D eigenvalue weighted by Crippen LogP contribution is -2.38. The maximum absolute atomic E-state index is 11.0. The third-order valence-electron chi connectivity index (χ3n) is 3.14. The Morgan fingerprint density at radius 1 is 1.17 bits per heavy atom. The van der Waals surface area contributed by atoms with E-state index in [1.807, 2.05) is 12.1 Å². The molecule has 0 aromatic heterocycles. The third-order valence-corrected chi connectivity index (χ3v) is 4.76. The van der Waals surface area contributed by atoms with E-state index in [-0.39, 0.29) is 5.75 Å².